The monoisotopic (exact) mass is 1070 g/mol. The summed E-state index contributed by atoms with van der Waals surface area (Å²) in [6.07, 6.45) is 37.2. The second-order valence-electron chi connectivity index (χ2n) is 17.9. The summed E-state index contributed by atoms with van der Waals surface area (Å²) in [4.78, 5) is 61.9. The third-order valence-corrected chi connectivity index (χ3v) is 13.9. The molecule has 0 amide bonds. The highest BCUT2D eigenvalue weighted by atomic mass is 31.3. The van der Waals surface area contributed by atoms with Gasteiger partial charge in [-0.05, 0) is 83.1 Å². The summed E-state index contributed by atoms with van der Waals surface area (Å²) < 4.78 is 56.7. The zero-order chi connectivity index (χ0) is 53.6. The zero-order valence-electron chi connectivity index (χ0n) is 43.0. The predicted octanol–water partition coefficient (Wildman–Crippen LogP) is 9.86. The van der Waals surface area contributed by atoms with Gasteiger partial charge < -0.3 is 45.1 Å². The number of carbonyl (C=O) groups excluding carboxylic acids is 2. The number of ether oxygens (including phenoxy) is 3. The molecule has 21 heteroatoms. The van der Waals surface area contributed by atoms with Gasteiger partial charge in [0.2, 0.25) is 0 Å². The van der Waals surface area contributed by atoms with Crippen molar-refractivity contribution in [3.05, 3.63) is 95.7 Å². The standard InChI is InChI=1S/C52H85N3O16P2/c1-3-5-7-9-11-12-13-14-15-16-17-18-19-20-24-28-32-36-47(57)66-40-44(69-48(58)37-33-29-25-22-21-23-27-31-35-43(56)34-30-26-10-8-6-4-2)41-67-72(62,63)71-73(64,65)68-42-45-49(59)50(60)51(70-45)55-39-38-46(53)54-52(55)61/h11-12,14-15,22-23,25-27,30-31,35,38-39,43-45,49-51,56,59-60H,3-10,13,16-21,24,28-29,32-34,36-37,40-42H2,1-2H3,(H,62,63)(H,64,65)(H2,53,54,61)/b12-11-,15-14-,25-22-,27-23-,30-26-,35-31+/t43-,44+,45+,49+,50+,51+/m0/s1. The van der Waals surface area contributed by atoms with Crippen LogP contribution in [0.2, 0.25) is 0 Å². The number of nitrogen functional groups attached to an aromatic ring is 1. The second kappa shape index (κ2) is 39.6. The van der Waals surface area contributed by atoms with Gasteiger partial charge in [-0.2, -0.15) is 9.29 Å². The number of phosphoric ester groups is 2. The Kier molecular flexibility index (Phi) is 35.4. The van der Waals surface area contributed by atoms with E-state index in [1.807, 2.05) is 30.4 Å². The van der Waals surface area contributed by atoms with Gasteiger partial charge in [0.05, 0.1) is 19.3 Å². The smallest absolute Gasteiger partial charge is 0.462 e. The minimum absolute atomic E-state index is 0.0626. The van der Waals surface area contributed by atoms with Gasteiger partial charge in [-0.15, -0.1) is 0 Å². The molecule has 73 heavy (non-hydrogen) atoms. The number of aliphatic hydroxyl groups excluding tert-OH is 3. The van der Waals surface area contributed by atoms with Crippen LogP contribution < -0.4 is 11.4 Å². The van der Waals surface area contributed by atoms with Crippen molar-refractivity contribution < 1.29 is 71.4 Å². The molecule has 19 nitrogen and oxygen atoms in total. The van der Waals surface area contributed by atoms with E-state index in [0.717, 1.165) is 81.4 Å². The fraction of sp³-hybridized carbons (Fsp3) is 0.654. The number of nitrogens with zero attached hydrogens (tertiary/aromatic N) is 2. The number of rotatable bonds is 42. The van der Waals surface area contributed by atoms with E-state index >= 15 is 0 Å². The van der Waals surface area contributed by atoms with Crippen molar-refractivity contribution in [1.29, 1.82) is 0 Å². The number of allylic oxidation sites excluding steroid dienone is 10. The quantitative estimate of drug-likeness (QED) is 0.0117. The first kappa shape index (κ1) is 65.3. The number of esters is 2. The topological polar surface area (TPSA) is 286 Å². The van der Waals surface area contributed by atoms with E-state index < -0.39 is 89.8 Å². The fourth-order valence-corrected chi connectivity index (χ4v) is 9.35. The van der Waals surface area contributed by atoms with E-state index in [-0.39, 0.29) is 18.7 Å². The predicted molar refractivity (Wildman–Crippen MR) is 281 cm³/mol. The molecule has 2 rings (SSSR count). The van der Waals surface area contributed by atoms with E-state index in [2.05, 4.69) is 53.5 Å². The first-order valence-corrected chi connectivity index (χ1v) is 29.0. The molecule has 1 aliphatic rings. The van der Waals surface area contributed by atoms with Crippen molar-refractivity contribution in [2.45, 2.75) is 198 Å². The van der Waals surface area contributed by atoms with Crippen LogP contribution in [0.25, 0.3) is 0 Å². The van der Waals surface area contributed by atoms with Crippen LogP contribution in [-0.2, 0) is 46.3 Å². The lowest BCUT2D eigenvalue weighted by molar-refractivity contribution is -0.161. The lowest BCUT2D eigenvalue weighted by Gasteiger charge is -2.21. The highest BCUT2D eigenvalue weighted by Crippen LogP contribution is 2.60. The molecule has 1 aliphatic heterocycles. The van der Waals surface area contributed by atoms with Crippen LogP contribution in [0.15, 0.2) is 90.0 Å². The Morgan fingerprint density at radius 3 is 1.93 bits per heavy atom. The van der Waals surface area contributed by atoms with Crippen molar-refractivity contribution in [1.82, 2.24) is 9.55 Å². The van der Waals surface area contributed by atoms with Gasteiger partial charge >= 0.3 is 33.3 Å². The Bertz CT molecular complexity index is 2020. The summed E-state index contributed by atoms with van der Waals surface area (Å²) in [6, 6.07) is 1.24. The fourth-order valence-electron chi connectivity index (χ4n) is 7.24. The lowest BCUT2D eigenvalue weighted by atomic mass is 10.1. The number of unbranched alkanes of at least 4 members (excludes halogenated alkanes) is 14. The molecule has 1 aromatic rings. The van der Waals surface area contributed by atoms with Crippen molar-refractivity contribution in [3.63, 3.8) is 0 Å². The maximum Gasteiger partial charge on any atom is 0.481 e. The molecule has 0 bridgehead atoms. The highest BCUT2D eigenvalue weighted by Gasteiger charge is 2.46. The number of anilines is 1. The largest absolute Gasteiger partial charge is 0.481 e. The van der Waals surface area contributed by atoms with Crippen LogP contribution in [0.5, 0.6) is 0 Å². The first-order valence-electron chi connectivity index (χ1n) is 26.1. The molecule has 7 N–H and O–H groups in total. The van der Waals surface area contributed by atoms with Gasteiger partial charge in [0.1, 0.15) is 30.7 Å². The van der Waals surface area contributed by atoms with Crippen molar-refractivity contribution in [2.24, 2.45) is 0 Å². The molecule has 0 aromatic carbocycles. The Balaban J connectivity index is 1.84. The number of hydrogen-bond acceptors (Lipinski definition) is 16. The van der Waals surface area contributed by atoms with E-state index in [4.69, 9.17) is 29.0 Å². The Labute approximate surface area is 432 Å². The molecule has 1 aromatic heterocycles. The van der Waals surface area contributed by atoms with Gasteiger partial charge in [0.15, 0.2) is 12.3 Å². The van der Waals surface area contributed by atoms with E-state index in [1.165, 1.54) is 38.2 Å². The first-order chi connectivity index (χ1) is 35.1. The third kappa shape index (κ3) is 32.3. The van der Waals surface area contributed by atoms with Crippen LogP contribution in [-0.4, -0.2) is 96.9 Å². The molecular weight excluding hydrogens is 985 g/mol. The number of phosphoric acid groups is 2. The summed E-state index contributed by atoms with van der Waals surface area (Å²) in [5.41, 5.74) is 4.58. The summed E-state index contributed by atoms with van der Waals surface area (Å²) >= 11 is 0. The summed E-state index contributed by atoms with van der Waals surface area (Å²) in [7, 11) is -10.9. The van der Waals surface area contributed by atoms with Crippen LogP contribution in [0.3, 0.4) is 0 Å². The van der Waals surface area contributed by atoms with Crippen molar-refractivity contribution in [2.75, 3.05) is 25.6 Å². The van der Waals surface area contributed by atoms with Crippen LogP contribution in [0.4, 0.5) is 5.82 Å². The van der Waals surface area contributed by atoms with E-state index in [0.29, 0.717) is 32.1 Å². The Hall–Kier alpha value is -3.84. The molecular formula is C52H85N3O16P2. The SMILES string of the molecule is CCCCC/C=C\C/C=C\CCCCCCCCCC(=O)OC[C@H](COP(=O)(O)OP(=O)(O)OC[C@H]1O[C@@H](n2ccc(N)nc2=O)[C@H](O)[C@@H]1O)OC(=O)CCC/C=C\C/C=C\C=C\[C@@H](O)C/C=C\CCCCC. The zero-order valence-corrected chi connectivity index (χ0v) is 44.8. The molecule has 0 radical (unpaired) electrons. The van der Waals surface area contributed by atoms with Crippen molar-refractivity contribution in [3.8, 4) is 0 Å². The van der Waals surface area contributed by atoms with Crippen LogP contribution >= 0.6 is 15.6 Å². The maximum atomic E-state index is 12.9. The minimum Gasteiger partial charge on any atom is -0.462 e. The lowest BCUT2D eigenvalue weighted by Crippen LogP contribution is -2.36. The molecule has 2 heterocycles. The second-order valence-corrected chi connectivity index (χ2v) is 20.9. The van der Waals surface area contributed by atoms with Gasteiger partial charge in [-0.25, -0.2) is 13.9 Å². The van der Waals surface area contributed by atoms with Crippen LogP contribution in [0.1, 0.15) is 168 Å². The number of hydrogen-bond donors (Lipinski definition) is 6. The molecule has 8 atom stereocenters. The molecule has 414 valence electrons. The average molecular weight is 1070 g/mol. The van der Waals surface area contributed by atoms with Gasteiger partial charge in [-0.3, -0.25) is 23.2 Å². The summed E-state index contributed by atoms with van der Waals surface area (Å²) in [6.45, 7) is 1.96. The average Bonchev–Trinajstić information content (AvgIpc) is 3.62. The number of aliphatic hydroxyl groups is 3. The van der Waals surface area contributed by atoms with E-state index in [9.17, 15) is 48.6 Å². The number of nitrogens with two attached hydrogens (primary N) is 1. The third-order valence-electron chi connectivity index (χ3n) is 11.3. The van der Waals surface area contributed by atoms with Gasteiger partial charge in [-0.1, -0.05) is 145 Å². The maximum absolute atomic E-state index is 12.9. The molecule has 1 saturated heterocycles. The molecule has 0 spiro atoms. The van der Waals surface area contributed by atoms with Crippen molar-refractivity contribution >= 4 is 33.4 Å². The molecule has 0 saturated carbocycles. The van der Waals surface area contributed by atoms with Gasteiger partial charge in [0, 0.05) is 19.0 Å². The highest BCUT2D eigenvalue weighted by molar-refractivity contribution is 7.61. The van der Waals surface area contributed by atoms with Gasteiger partial charge in [0.25, 0.3) is 0 Å². The molecule has 2 unspecified atom stereocenters. The minimum atomic E-state index is -5.45. The number of carbonyl (C=O) groups is 2. The van der Waals surface area contributed by atoms with E-state index in [1.54, 1.807) is 12.2 Å². The summed E-state index contributed by atoms with van der Waals surface area (Å²) in [5, 5.41) is 31.0. The number of aromatic nitrogens is 2. The molecule has 0 aliphatic carbocycles. The summed E-state index contributed by atoms with van der Waals surface area (Å²) in [5.74, 6) is -1.42. The Morgan fingerprint density at radius 2 is 1.29 bits per heavy atom. The normalized spacial score (nSPS) is 20.0. The van der Waals surface area contributed by atoms with Crippen LogP contribution in [0, 0.1) is 0 Å². The molecule has 1 fully saturated rings. The Morgan fingerprint density at radius 1 is 0.726 bits per heavy atom.